The van der Waals surface area contributed by atoms with Gasteiger partial charge in [-0.3, -0.25) is 0 Å². The van der Waals surface area contributed by atoms with Gasteiger partial charge in [0.15, 0.2) is 0 Å². The van der Waals surface area contributed by atoms with Crippen LogP contribution in [0.15, 0.2) is 15.5 Å². The summed E-state index contributed by atoms with van der Waals surface area (Å²) >= 11 is 10.8. The Balaban J connectivity index is 2.42. The van der Waals surface area contributed by atoms with Crippen LogP contribution in [0, 0.1) is 0 Å². The van der Waals surface area contributed by atoms with Crippen molar-refractivity contribution >= 4 is 50.7 Å². The van der Waals surface area contributed by atoms with Gasteiger partial charge >= 0.3 is 6.03 Å². The van der Waals surface area contributed by atoms with E-state index in [1.165, 1.54) is 11.3 Å². The number of amidine groups is 1. The number of hydrogen-bond acceptors (Lipinski definition) is 3. The largest absolute Gasteiger partial charge is 0.385 e. The Labute approximate surface area is 117 Å². The van der Waals surface area contributed by atoms with E-state index in [4.69, 9.17) is 17.3 Å². The number of rotatable bonds is 2. The number of nitrogens with two attached hydrogens (primary N) is 1. The van der Waals surface area contributed by atoms with E-state index in [2.05, 4.69) is 20.9 Å². The van der Waals surface area contributed by atoms with Crippen molar-refractivity contribution in [3.05, 3.63) is 19.8 Å². The molecule has 2 rings (SSSR count). The van der Waals surface area contributed by atoms with Gasteiger partial charge < -0.3 is 10.6 Å². The Kier molecular flexibility index (Phi) is 3.47. The molecule has 0 aromatic carbocycles. The number of thiophene rings is 1. The standard InChI is InChI=1S/C10H11BrClN3OS/c1-4(2)15-7(9(13)14-10(15)16)6-3-5(11)8(12)17-6/h3-4,7H,1-2H3,(H2,13,14,16). The van der Waals surface area contributed by atoms with E-state index < -0.39 is 0 Å². The molecule has 1 unspecified atom stereocenters. The Hall–Kier alpha value is -0.590. The lowest BCUT2D eigenvalue weighted by molar-refractivity contribution is 0.191. The zero-order chi connectivity index (χ0) is 12.7. The van der Waals surface area contributed by atoms with E-state index in [0.29, 0.717) is 10.2 Å². The summed E-state index contributed by atoms with van der Waals surface area (Å²) in [6.07, 6.45) is 0. The fraction of sp³-hybridized carbons (Fsp3) is 0.400. The normalized spacial score (nSPS) is 20.3. The Bertz CT molecular complexity index is 480. The van der Waals surface area contributed by atoms with Crippen LogP contribution in [-0.4, -0.2) is 22.8 Å². The molecule has 92 valence electrons. The fourth-order valence-corrected chi connectivity index (χ4v) is 3.63. The number of carbonyl (C=O) groups excluding carboxylic acids is 1. The first kappa shape index (κ1) is 12.9. The summed E-state index contributed by atoms with van der Waals surface area (Å²) in [6, 6.07) is 1.34. The van der Waals surface area contributed by atoms with Gasteiger partial charge in [0.05, 0.1) is 0 Å². The van der Waals surface area contributed by atoms with E-state index >= 15 is 0 Å². The topological polar surface area (TPSA) is 58.7 Å². The lowest BCUT2D eigenvalue weighted by Gasteiger charge is -2.26. The van der Waals surface area contributed by atoms with Crippen LogP contribution in [0.4, 0.5) is 4.79 Å². The second-order valence-electron chi connectivity index (χ2n) is 3.99. The summed E-state index contributed by atoms with van der Waals surface area (Å²) in [5.74, 6) is 0.328. The average Bonchev–Trinajstić information content (AvgIpc) is 2.68. The average molecular weight is 337 g/mol. The van der Waals surface area contributed by atoms with Crippen molar-refractivity contribution in [3.63, 3.8) is 0 Å². The summed E-state index contributed by atoms with van der Waals surface area (Å²) in [7, 11) is 0. The number of hydrogen-bond donors (Lipinski definition) is 1. The number of urea groups is 1. The molecular formula is C10H11BrClN3OS. The zero-order valence-electron chi connectivity index (χ0n) is 9.28. The SMILES string of the molecule is CC(C)N1C(=O)N=C(N)C1c1cc(Br)c(Cl)s1. The molecule has 2 amide bonds. The number of nitrogens with zero attached hydrogens (tertiary/aromatic N) is 2. The minimum absolute atomic E-state index is 0.0388. The van der Waals surface area contributed by atoms with Crippen LogP contribution in [0.25, 0.3) is 0 Å². The maximum atomic E-state index is 11.7. The zero-order valence-corrected chi connectivity index (χ0v) is 12.4. The predicted molar refractivity (Wildman–Crippen MR) is 73.8 cm³/mol. The molecule has 0 saturated heterocycles. The van der Waals surface area contributed by atoms with Crippen LogP contribution in [-0.2, 0) is 0 Å². The molecule has 1 atom stereocenters. The smallest absolute Gasteiger partial charge is 0.346 e. The molecule has 2 N–H and O–H groups in total. The molecule has 1 aromatic rings. The van der Waals surface area contributed by atoms with Crippen molar-refractivity contribution < 1.29 is 4.79 Å². The highest BCUT2D eigenvalue weighted by atomic mass is 79.9. The molecule has 1 aliphatic rings. The predicted octanol–water partition coefficient (Wildman–Crippen LogP) is 3.41. The highest BCUT2D eigenvalue weighted by Gasteiger charge is 2.37. The quantitative estimate of drug-likeness (QED) is 0.899. The van der Waals surface area contributed by atoms with Crippen molar-refractivity contribution in [2.45, 2.75) is 25.9 Å². The summed E-state index contributed by atoms with van der Waals surface area (Å²) in [4.78, 5) is 18.1. The van der Waals surface area contributed by atoms with Crippen LogP contribution >= 0.6 is 38.9 Å². The second-order valence-corrected chi connectivity index (χ2v) is 6.53. The van der Waals surface area contributed by atoms with Crippen LogP contribution in [0.3, 0.4) is 0 Å². The van der Waals surface area contributed by atoms with Crippen molar-refractivity contribution in [1.82, 2.24) is 4.90 Å². The monoisotopic (exact) mass is 335 g/mol. The lowest BCUT2D eigenvalue weighted by atomic mass is 10.2. The maximum Gasteiger partial charge on any atom is 0.346 e. The van der Waals surface area contributed by atoms with Gasteiger partial charge in [-0.1, -0.05) is 11.6 Å². The van der Waals surface area contributed by atoms with Gasteiger partial charge in [0, 0.05) is 15.4 Å². The van der Waals surface area contributed by atoms with Crippen LogP contribution in [0.2, 0.25) is 4.34 Å². The molecule has 7 heteroatoms. The molecule has 1 aromatic heterocycles. The van der Waals surface area contributed by atoms with E-state index in [0.717, 1.165) is 9.35 Å². The summed E-state index contributed by atoms with van der Waals surface area (Å²) in [5, 5.41) is 0. The van der Waals surface area contributed by atoms with Gasteiger partial charge in [-0.2, -0.15) is 4.99 Å². The van der Waals surface area contributed by atoms with E-state index in [1.807, 2.05) is 19.9 Å². The third-order valence-electron chi connectivity index (χ3n) is 2.49. The molecule has 0 spiro atoms. The molecule has 4 nitrogen and oxygen atoms in total. The molecule has 0 saturated carbocycles. The van der Waals surface area contributed by atoms with E-state index in [-0.39, 0.29) is 18.1 Å². The van der Waals surface area contributed by atoms with Gasteiger partial charge in [0.25, 0.3) is 0 Å². The van der Waals surface area contributed by atoms with Gasteiger partial charge in [-0.05, 0) is 35.8 Å². The van der Waals surface area contributed by atoms with E-state index in [9.17, 15) is 4.79 Å². The molecule has 0 aliphatic carbocycles. The number of aliphatic imine (C=N–C) groups is 1. The van der Waals surface area contributed by atoms with Gasteiger partial charge in [-0.15, -0.1) is 11.3 Å². The molecule has 1 aliphatic heterocycles. The highest BCUT2D eigenvalue weighted by molar-refractivity contribution is 9.10. The van der Waals surface area contributed by atoms with Crippen LogP contribution < -0.4 is 5.73 Å². The second kappa shape index (κ2) is 4.59. The number of amides is 2. The van der Waals surface area contributed by atoms with Crippen LogP contribution in [0.1, 0.15) is 24.8 Å². The van der Waals surface area contributed by atoms with Crippen molar-refractivity contribution in [1.29, 1.82) is 0 Å². The number of halogens is 2. The van der Waals surface area contributed by atoms with Gasteiger partial charge in [0.2, 0.25) is 0 Å². The first-order valence-corrected chi connectivity index (χ1v) is 7.01. The third-order valence-corrected chi connectivity index (χ3v) is 5.02. The first-order valence-electron chi connectivity index (χ1n) is 5.03. The Morgan fingerprint density at radius 1 is 1.65 bits per heavy atom. The van der Waals surface area contributed by atoms with Crippen LogP contribution in [0.5, 0.6) is 0 Å². The first-order chi connectivity index (χ1) is 7.91. The molecule has 0 radical (unpaired) electrons. The lowest BCUT2D eigenvalue weighted by Crippen LogP contribution is -2.37. The highest BCUT2D eigenvalue weighted by Crippen LogP contribution is 2.39. The fourth-order valence-electron chi connectivity index (χ4n) is 1.78. The molecule has 17 heavy (non-hydrogen) atoms. The molecule has 0 bridgehead atoms. The number of carbonyl (C=O) groups is 1. The molecule has 0 fully saturated rings. The molecule has 2 heterocycles. The third kappa shape index (κ3) is 2.21. The van der Waals surface area contributed by atoms with Crippen molar-refractivity contribution in [2.75, 3.05) is 0 Å². The Morgan fingerprint density at radius 2 is 2.29 bits per heavy atom. The summed E-state index contributed by atoms with van der Waals surface area (Å²) in [5.41, 5.74) is 5.82. The van der Waals surface area contributed by atoms with E-state index in [1.54, 1.807) is 4.90 Å². The van der Waals surface area contributed by atoms with Crippen molar-refractivity contribution in [3.8, 4) is 0 Å². The Morgan fingerprint density at radius 3 is 2.76 bits per heavy atom. The van der Waals surface area contributed by atoms with Gasteiger partial charge in [-0.25, -0.2) is 4.79 Å². The van der Waals surface area contributed by atoms with Gasteiger partial charge in [0.1, 0.15) is 16.2 Å². The minimum atomic E-state index is -0.295. The maximum absolute atomic E-state index is 11.7. The summed E-state index contributed by atoms with van der Waals surface area (Å²) in [6.45, 7) is 3.87. The van der Waals surface area contributed by atoms with Crippen molar-refractivity contribution in [2.24, 2.45) is 10.7 Å². The summed E-state index contributed by atoms with van der Waals surface area (Å²) < 4.78 is 1.46. The minimum Gasteiger partial charge on any atom is -0.385 e. The molecular weight excluding hydrogens is 326 g/mol.